The quantitative estimate of drug-likeness (QED) is 0.843. The van der Waals surface area contributed by atoms with Gasteiger partial charge in [0.25, 0.3) is 0 Å². The molecule has 2 fully saturated rings. The van der Waals surface area contributed by atoms with E-state index in [9.17, 15) is 0 Å². The number of piperidine rings is 1. The van der Waals surface area contributed by atoms with Crippen LogP contribution in [0.3, 0.4) is 0 Å². The van der Waals surface area contributed by atoms with Gasteiger partial charge in [-0.15, -0.1) is 15.3 Å². The maximum atomic E-state index is 5.62. The van der Waals surface area contributed by atoms with E-state index in [0.717, 1.165) is 56.4 Å². The molecule has 0 aliphatic carbocycles. The van der Waals surface area contributed by atoms with Gasteiger partial charge in [0.15, 0.2) is 11.5 Å². The molecule has 1 atom stereocenters. The van der Waals surface area contributed by atoms with Gasteiger partial charge in [0, 0.05) is 33.2 Å². The monoisotopic (exact) mass is 344 g/mol. The first kappa shape index (κ1) is 16.7. The highest BCUT2D eigenvalue weighted by molar-refractivity contribution is 5.45. The molecule has 0 bridgehead atoms. The first-order valence-electron chi connectivity index (χ1n) is 9.40. The van der Waals surface area contributed by atoms with E-state index in [0.29, 0.717) is 11.8 Å². The number of likely N-dealkylation sites (tertiary alicyclic amines) is 1. The Balaban J connectivity index is 1.42. The summed E-state index contributed by atoms with van der Waals surface area (Å²) in [6, 6.07) is 3.99. The van der Waals surface area contributed by atoms with Crippen LogP contribution in [-0.4, -0.2) is 71.7 Å². The van der Waals surface area contributed by atoms with E-state index in [2.05, 4.69) is 15.1 Å². The van der Waals surface area contributed by atoms with Gasteiger partial charge in [-0.05, 0) is 56.8 Å². The molecule has 4 rings (SSSR count). The summed E-state index contributed by atoms with van der Waals surface area (Å²) in [7, 11) is 4.01. The van der Waals surface area contributed by atoms with E-state index in [1.54, 1.807) is 0 Å². The topological polar surface area (TPSA) is 58.8 Å². The fourth-order valence-electron chi connectivity index (χ4n) is 3.98. The lowest BCUT2D eigenvalue weighted by molar-refractivity contribution is 0.0344. The molecule has 0 amide bonds. The molecule has 0 N–H and O–H groups in total. The molecule has 1 unspecified atom stereocenters. The summed E-state index contributed by atoms with van der Waals surface area (Å²) >= 11 is 0. The van der Waals surface area contributed by atoms with Crippen molar-refractivity contribution in [3.05, 3.63) is 18.0 Å². The van der Waals surface area contributed by atoms with Crippen molar-refractivity contribution in [1.82, 2.24) is 24.7 Å². The second-order valence-electron chi connectivity index (χ2n) is 7.57. The molecule has 2 aliphatic heterocycles. The summed E-state index contributed by atoms with van der Waals surface area (Å²) in [5.74, 6) is 3.10. The van der Waals surface area contributed by atoms with Gasteiger partial charge >= 0.3 is 0 Å². The molecule has 2 saturated heterocycles. The van der Waals surface area contributed by atoms with Crippen molar-refractivity contribution in [2.24, 2.45) is 5.92 Å². The van der Waals surface area contributed by atoms with Gasteiger partial charge < -0.3 is 14.5 Å². The van der Waals surface area contributed by atoms with Crippen molar-refractivity contribution in [2.75, 3.05) is 51.8 Å². The molecule has 4 heterocycles. The van der Waals surface area contributed by atoms with Gasteiger partial charge in [0.2, 0.25) is 0 Å². The van der Waals surface area contributed by atoms with Crippen LogP contribution in [0, 0.1) is 5.92 Å². The number of anilines is 1. The largest absolute Gasteiger partial charge is 0.381 e. The molecule has 0 spiro atoms. The number of hydrogen-bond acceptors (Lipinski definition) is 6. The second-order valence-corrected chi connectivity index (χ2v) is 7.57. The molecule has 2 aromatic rings. The molecule has 0 aromatic carbocycles. The Labute approximate surface area is 149 Å². The summed E-state index contributed by atoms with van der Waals surface area (Å²) in [4.78, 5) is 4.61. The van der Waals surface area contributed by atoms with E-state index >= 15 is 0 Å². The fourth-order valence-corrected chi connectivity index (χ4v) is 3.98. The Hall–Kier alpha value is -1.73. The molecular weight excluding hydrogens is 316 g/mol. The predicted octanol–water partition coefficient (Wildman–Crippen LogP) is 1.80. The average molecular weight is 344 g/mol. The van der Waals surface area contributed by atoms with E-state index in [-0.39, 0.29) is 0 Å². The zero-order chi connectivity index (χ0) is 17.2. The summed E-state index contributed by atoms with van der Waals surface area (Å²) in [6.07, 6.45) is 4.78. The van der Waals surface area contributed by atoms with E-state index < -0.39 is 0 Å². The number of hydrogen-bond donors (Lipinski definition) is 0. The molecule has 7 heteroatoms. The molecular formula is C18H28N6O. The van der Waals surface area contributed by atoms with Crippen LogP contribution < -0.4 is 4.90 Å². The molecule has 2 aliphatic rings. The minimum Gasteiger partial charge on any atom is -0.381 e. The highest BCUT2D eigenvalue weighted by Gasteiger charge is 2.27. The molecule has 0 saturated carbocycles. The smallest absolute Gasteiger partial charge is 0.178 e. The van der Waals surface area contributed by atoms with Crippen molar-refractivity contribution in [3.8, 4) is 0 Å². The van der Waals surface area contributed by atoms with Crippen LogP contribution in [0.25, 0.3) is 5.65 Å². The van der Waals surface area contributed by atoms with E-state index in [1.165, 1.54) is 19.4 Å². The van der Waals surface area contributed by atoms with Crippen molar-refractivity contribution >= 4 is 11.5 Å². The van der Waals surface area contributed by atoms with Crippen molar-refractivity contribution in [1.29, 1.82) is 0 Å². The minimum atomic E-state index is 0.443. The Kier molecular flexibility index (Phi) is 4.85. The van der Waals surface area contributed by atoms with Crippen molar-refractivity contribution in [2.45, 2.75) is 31.6 Å². The number of aromatic nitrogens is 4. The lowest BCUT2D eigenvalue weighted by Crippen LogP contribution is -2.39. The summed E-state index contributed by atoms with van der Waals surface area (Å²) in [6.45, 7) is 5.32. The number of rotatable bonds is 4. The normalized spacial score (nSPS) is 23.2. The van der Waals surface area contributed by atoms with Gasteiger partial charge in [0.05, 0.1) is 6.61 Å². The minimum absolute atomic E-state index is 0.443. The summed E-state index contributed by atoms with van der Waals surface area (Å²) in [5, 5.41) is 13.5. The Bertz CT molecular complexity index is 701. The lowest BCUT2D eigenvalue weighted by Gasteiger charge is -2.34. The van der Waals surface area contributed by atoms with Gasteiger partial charge in [-0.3, -0.25) is 0 Å². The first-order valence-corrected chi connectivity index (χ1v) is 9.40. The van der Waals surface area contributed by atoms with E-state index in [4.69, 9.17) is 9.84 Å². The Morgan fingerprint density at radius 3 is 2.72 bits per heavy atom. The van der Waals surface area contributed by atoms with Crippen LogP contribution >= 0.6 is 0 Å². The highest BCUT2D eigenvalue weighted by atomic mass is 16.5. The summed E-state index contributed by atoms with van der Waals surface area (Å²) < 4.78 is 7.56. The molecule has 7 nitrogen and oxygen atoms in total. The SMILES string of the molecule is CN(C)c1ccc2nnc(C3CCN(CC4CCCOC4)CC3)n2n1. The molecule has 2 aromatic heterocycles. The van der Waals surface area contributed by atoms with Gasteiger partial charge in [-0.25, -0.2) is 0 Å². The van der Waals surface area contributed by atoms with Crippen molar-refractivity contribution in [3.63, 3.8) is 0 Å². The molecule has 0 radical (unpaired) electrons. The fraction of sp³-hybridized carbons (Fsp3) is 0.722. The standard InChI is InChI=1S/C18H28N6O/c1-22(2)17-6-5-16-19-20-18(24(16)21-17)15-7-9-23(10-8-15)12-14-4-3-11-25-13-14/h5-6,14-15H,3-4,7-13H2,1-2H3. The summed E-state index contributed by atoms with van der Waals surface area (Å²) in [5.41, 5.74) is 0.836. The third kappa shape index (κ3) is 3.62. The van der Waals surface area contributed by atoms with Crippen LogP contribution in [0.15, 0.2) is 12.1 Å². The second kappa shape index (κ2) is 7.25. The average Bonchev–Trinajstić information content (AvgIpc) is 3.06. The van der Waals surface area contributed by atoms with Crippen LogP contribution in [0.2, 0.25) is 0 Å². The molecule has 136 valence electrons. The third-order valence-electron chi connectivity index (χ3n) is 5.45. The van der Waals surface area contributed by atoms with Gasteiger partial charge in [-0.2, -0.15) is 4.52 Å². The zero-order valence-corrected chi connectivity index (χ0v) is 15.3. The third-order valence-corrected chi connectivity index (χ3v) is 5.45. The van der Waals surface area contributed by atoms with Crippen LogP contribution in [-0.2, 0) is 4.74 Å². The maximum absolute atomic E-state index is 5.62. The number of nitrogens with zero attached hydrogens (tertiary/aromatic N) is 6. The van der Waals surface area contributed by atoms with E-state index in [1.807, 2.05) is 35.6 Å². The Morgan fingerprint density at radius 1 is 1.16 bits per heavy atom. The highest BCUT2D eigenvalue weighted by Crippen LogP contribution is 2.28. The zero-order valence-electron chi connectivity index (χ0n) is 15.3. The van der Waals surface area contributed by atoms with Crippen LogP contribution in [0.4, 0.5) is 5.82 Å². The van der Waals surface area contributed by atoms with Crippen LogP contribution in [0.1, 0.15) is 37.4 Å². The van der Waals surface area contributed by atoms with Crippen molar-refractivity contribution < 1.29 is 4.74 Å². The number of fused-ring (bicyclic) bond motifs is 1. The van der Waals surface area contributed by atoms with Crippen LogP contribution in [0.5, 0.6) is 0 Å². The maximum Gasteiger partial charge on any atom is 0.178 e. The Morgan fingerprint density at radius 2 is 2.00 bits per heavy atom. The first-order chi connectivity index (χ1) is 12.2. The molecule has 25 heavy (non-hydrogen) atoms. The van der Waals surface area contributed by atoms with Gasteiger partial charge in [-0.1, -0.05) is 0 Å². The van der Waals surface area contributed by atoms with Gasteiger partial charge in [0.1, 0.15) is 5.82 Å². The predicted molar refractivity (Wildman–Crippen MR) is 97.1 cm³/mol. The lowest BCUT2D eigenvalue weighted by atomic mass is 9.94. The number of ether oxygens (including phenoxy) is 1.